The van der Waals surface area contributed by atoms with Crippen LogP contribution in [0.15, 0.2) is 59.4 Å². The number of rotatable bonds is 8. The third-order valence-corrected chi connectivity index (χ3v) is 4.58. The van der Waals surface area contributed by atoms with Gasteiger partial charge in [-0.1, -0.05) is 24.3 Å². The summed E-state index contributed by atoms with van der Waals surface area (Å²) in [6.07, 6.45) is 0. The van der Waals surface area contributed by atoms with Gasteiger partial charge in [0.2, 0.25) is 0 Å². The smallest absolute Gasteiger partial charge is 0.266 e. The van der Waals surface area contributed by atoms with Gasteiger partial charge in [0.15, 0.2) is 6.61 Å². The topological polar surface area (TPSA) is 82.5 Å². The van der Waals surface area contributed by atoms with Crippen molar-refractivity contribution in [3.8, 4) is 22.8 Å². The fourth-order valence-corrected chi connectivity index (χ4v) is 2.90. The standard InChI is InChI=1S/C23H25N3O4/c1-16-7-8-17(2)21(13-16)30-15-22(27)24-11-12-26-23(28)10-9-20(25-26)18-5-4-6-19(14-18)29-3/h4-10,13-14H,11-12,15H2,1-3H3,(H,24,27). The molecule has 1 amide bonds. The number of amides is 1. The number of ether oxygens (including phenoxy) is 2. The molecule has 30 heavy (non-hydrogen) atoms. The molecule has 1 heterocycles. The molecule has 0 bridgehead atoms. The van der Waals surface area contributed by atoms with Gasteiger partial charge in [-0.15, -0.1) is 0 Å². The Morgan fingerprint density at radius 3 is 2.73 bits per heavy atom. The summed E-state index contributed by atoms with van der Waals surface area (Å²) in [5.74, 6) is 1.14. The van der Waals surface area contributed by atoms with Crippen molar-refractivity contribution in [3.05, 3.63) is 76.1 Å². The minimum absolute atomic E-state index is 0.0868. The van der Waals surface area contributed by atoms with E-state index in [1.165, 1.54) is 10.7 Å². The summed E-state index contributed by atoms with van der Waals surface area (Å²) < 4.78 is 12.2. The molecule has 0 saturated heterocycles. The van der Waals surface area contributed by atoms with Gasteiger partial charge in [-0.3, -0.25) is 9.59 Å². The van der Waals surface area contributed by atoms with Gasteiger partial charge in [-0.05, 0) is 49.2 Å². The summed E-state index contributed by atoms with van der Waals surface area (Å²) in [4.78, 5) is 24.2. The molecule has 7 heteroatoms. The second-order valence-corrected chi connectivity index (χ2v) is 6.92. The zero-order valence-corrected chi connectivity index (χ0v) is 17.3. The van der Waals surface area contributed by atoms with E-state index in [4.69, 9.17) is 9.47 Å². The molecular formula is C23H25N3O4. The lowest BCUT2D eigenvalue weighted by Crippen LogP contribution is -2.34. The first-order chi connectivity index (χ1) is 14.5. The summed E-state index contributed by atoms with van der Waals surface area (Å²) in [5.41, 5.74) is 3.30. The zero-order valence-electron chi connectivity index (χ0n) is 17.3. The Morgan fingerprint density at radius 2 is 1.93 bits per heavy atom. The van der Waals surface area contributed by atoms with Crippen LogP contribution in [0, 0.1) is 13.8 Å². The highest BCUT2D eigenvalue weighted by Crippen LogP contribution is 2.21. The molecule has 1 aromatic heterocycles. The maximum absolute atomic E-state index is 12.1. The molecule has 0 saturated carbocycles. The minimum atomic E-state index is -0.257. The quantitative estimate of drug-likeness (QED) is 0.621. The van der Waals surface area contributed by atoms with Crippen LogP contribution in [0.2, 0.25) is 0 Å². The Morgan fingerprint density at radius 1 is 1.10 bits per heavy atom. The van der Waals surface area contributed by atoms with Gasteiger partial charge in [-0.2, -0.15) is 5.10 Å². The molecule has 0 atom stereocenters. The van der Waals surface area contributed by atoms with Crippen LogP contribution in [-0.2, 0) is 11.3 Å². The third kappa shape index (κ3) is 5.47. The SMILES string of the molecule is COc1cccc(-c2ccc(=O)n(CCNC(=O)COc3cc(C)ccc3C)n2)c1. The number of benzene rings is 2. The van der Waals surface area contributed by atoms with E-state index in [0.29, 0.717) is 17.2 Å². The molecule has 2 aromatic carbocycles. The molecule has 0 fully saturated rings. The number of aryl methyl sites for hydroxylation is 2. The first kappa shape index (κ1) is 21.1. The molecular weight excluding hydrogens is 382 g/mol. The highest BCUT2D eigenvalue weighted by molar-refractivity contribution is 5.77. The Hall–Kier alpha value is -3.61. The molecule has 0 radical (unpaired) electrons. The number of hydrogen-bond acceptors (Lipinski definition) is 5. The van der Waals surface area contributed by atoms with Crippen molar-refractivity contribution in [3.63, 3.8) is 0 Å². The molecule has 3 rings (SSSR count). The Bertz CT molecular complexity index is 1090. The van der Waals surface area contributed by atoms with E-state index in [9.17, 15) is 9.59 Å². The van der Waals surface area contributed by atoms with Crippen molar-refractivity contribution in [2.75, 3.05) is 20.3 Å². The van der Waals surface area contributed by atoms with Crippen molar-refractivity contribution in [1.82, 2.24) is 15.1 Å². The summed E-state index contributed by atoms with van der Waals surface area (Å²) in [5, 5.41) is 7.15. The van der Waals surface area contributed by atoms with Gasteiger partial charge in [0.25, 0.3) is 11.5 Å². The summed E-state index contributed by atoms with van der Waals surface area (Å²) in [7, 11) is 1.60. The predicted octanol–water partition coefficient (Wildman–Crippen LogP) is 2.73. The van der Waals surface area contributed by atoms with Crippen molar-refractivity contribution < 1.29 is 14.3 Å². The Balaban J connectivity index is 1.57. The van der Waals surface area contributed by atoms with E-state index in [-0.39, 0.29) is 31.2 Å². The average molecular weight is 407 g/mol. The Labute approximate surface area is 175 Å². The molecule has 0 spiro atoms. The molecule has 0 aliphatic heterocycles. The second-order valence-electron chi connectivity index (χ2n) is 6.92. The Kier molecular flexibility index (Phi) is 6.85. The van der Waals surface area contributed by atoms with Crippen LogP contribution in [-0.4, -0.2) is 35.9 Å². The van der Waals surface area contributed by atoms with Gasteiger partial charge >= 0.3 is 0 Å². The molecule has 0 aliphatic rings. The lowest BCUT2D eigenvalue weighted by atomic mass is 10.1. The van der Waals surface area contributed by atoms with Crippen molar-refractivity contribution in [2.45, 2.75) is 20.4 Å². The molecule has 156 valence electrons. The fourth-order valence-electron chi connectivity index (χ4n) is 2.90. The van der Waals surface area contributed by atoms with Crippen molar-refractivity contribution in [2.24, 2.45) is 0 Å². The number of carbonyl (C=O) groups excluding carboxylic acids is 1. The zero-order chi connectivity index (χ0) is 21.5. The van der Waals surface area contributed by atoms with Gasteiger partial charge in [0.1, 0.15) is 11.5 Å². The van der Waals surface area contributed by atoms with E-state index in [0.717, 1.165) is 16.7 Å². The molecule has 3 aromatic rings. The molecule has 0 aliphatic carbocycles. The predicted molar refractivity (Wildman–Crippen MR) is 115 cm³/mol. The summed E-state index contributed by atoms with van der Waals surface area (Å²) in [6, 6.07) is 16.4. The van der Waals surface area contributed by atoms with Gasteiger partial charge in [0.05, 0.1) is 19.3 Å². The number of aromatic nitrogens is 2. The van der Waals surface area contributed by atoms with E-state index < -0.39 is 0 Å². The van der Waals surface area contributed by atoms with Crippen LogP contribution >= 0.6 is 0 Å². The maximum Gasteiger partial charge on any atom is 0.266 e. The van der Waals surface area contributed by atoms with E-state index in [1.54, 1.807) is 13.2 Å². The summed E-state index contributed by atoms with van der Waals surface area (Å²) >= 11 is 0. The van der Waals surface area contributed by atoms with E-state index in [1.807, 2.05) is 56.3 Å². The third-order valence-electron chi connectivity index (χ3n) is 4.58. The van der Waals surface area contributed by atoms with Crippen LogP contribution in [0.5, 0.6) is 11.5 Å². The van der Waals surface area contributed by atoms with Crippen LogP contribution in [0.4, 0.5) is 0 Å². The van der Waals surface area contributed by atoms with Crippen LogP contribution < -0.4 is 20.3 Å². The molecule has 0 unspecified atom stereocenters. The minimum Gasteiger partial charge on any atom is -0.497 e. The van der Waals surface area contributed by atoms with E-state index in [2.05, 4.69) is 10.4 Å². The highest BCUT2D eigenvalue weighted by Gasteiger charge is 2.07. The number of methoxy groups -OCH3 is 1. The lowest BCUT2D eigenvalue weighted by Gasteiger charge is -2.11. The second kappa shape index (κ2) is 9.73. The van der Waals surface area contributed by atoms with Crippen LogP contribution in [0.1, 0.15) is 11.1 Å². The first-order valence-corrected chi connectivity index (χ1v) is 9.65. The average Bonchev–Trinajstić information content (AvgIpc) is 2.75. The van der Waals surface area contributed by atoms with Gasteiger partial charge < -0.3 is 14.8 Å². The fraction of sp³-hybridized carbons (Fsp3) is 0.261. The highest BCUT2D eigenvalue weighted by atomic mass is 16.5. The molecule has 7 nitrogen and oxygen atoms in total. The largest absolute Gasteiger partial charge is 0.497 e. The number of hydrogen-bond donors (Lipinski definition) is 1. The monoisotopic (exact) mass is 407 g/mol. The maximum atomic E-state index is 12.1. The van der Waals surface area contributed by atoms with Crippen LogP contribution in [0.25, 0.3) is 11.3 Å². The van der Waals surface area contributed by atoms with Gasteiger partial charge in [-0.25, -0.2) is 4.68 Å². The normalized spacial score (nSPS) is 10.5. The van der Waals surface area contributed by atoms with Crippen LogP contribution in [0.3, 0.4) is 0 Å². The lowest BCUT2D eigenvalue weighted by molar-refractivity contribution is -0.123. The van der Waals surface area contributed by atoms with E-state index >= 15 is 0 Å². The van der Waals surface area contributed by atoms with Crippen molar-refractivity contribution in [1.29, 1.82) is 0 Å². The van der Waals surface area contributed by atoms with Gasteiger partial charge in [0, 0.05) is 18.2 Å². The summed E-state index contributed by atoms with van der Waals surface area (Å²) in [6.45, 7) is 4.34. The molecule has 1 N–H and O–H groups in total. The number of nitrogens with zero attached hydrogens (tertiary/aromatic N) is 2. The van der Waals surface area contributed by atoms with Crippen molar-refractivity contribution >= 4 is 5.91 Å². The number of nitrogens with one attached hydrogen (secondary N) is 1. The number of carbonyl (C=O) groups is 1. The first-order valence-electron chi connectivity index (χ1n) is 9.65.